The van der Waals surface area contributed by atoms with Crippen LogP contribution in [0.25, 0.3) is 0 Å². The maximum atomic E-state index is 15.2. The third-order valence-electron chi connectivity index (χ3n) is 7.01. The molecule has 3 atom stereocenters. The summed E-state index contributed by atoms with van der Waals surface area (Å²) in [6, 6.07) is 3.77. The fourth-order valence-corrected chi connectivity index (χ4v) is 6.11. The van der Waals surface area contributed by atoms with Crippen LogP contribution in [0.2, 0.25) is 10.0 Å². The number of aliphatic carboxylic acids is 1. The summed E-state index contributed by atoms with van der Waals surface area (Å²) in [5.74, 6) is -1.08. The number of benzene rings is 1. The highest BCUT2D eigenvalue weighted by Gasteiger charge is 2.49. The minimum absolute atomic E-state index is 0.0919. The number of likely N-dealkylation sites (tertiary alicyclic amines) is 1. The average molecular weight is 584 g/mol. The molecule has 8 nitrogen and oxygen atoms in total. The molecule has 2 N–H and O–H groups in total. The maximum absolute atomic E-state index is 15.2. The van der Waals surface area contributed by atoms with Gasteiger partial charge in [-0.1, -0.05) is 43.1 Å². The molecule has 1 unspecified atom stereocenters. The highest BCUT2D eigenvalue weighted by atomic mass is 35.5. The number of carbonyl (C=O) groups excluding carboxylic acids is 1. The van der Waals surface area contributed by atoms with Crippen LogP contribution >= 0.6 is 34.5 Å². The third kappa shape index (κ3) is 5.88. The number of thiazole rings is 1. The molecule has 1 saturated heterocycles. The van der Waals surface area contributed by atoms with Crippen LogP contribution in [0.5, 0.6) is 0 Å². The first kappa shape index (κ1) is 28.5. The van der Waals surface area contributed by atoms with Crippen LogP contribution in [0.1, 0.15) is 50.2 Å². The molecule has 3 heterocycles. The first-order chi connectivity index (χ1) is 18.0. The summed E-state index contributed by atoms with van der Waals surface area (Å²) >= 11 is 14.1. The number of hydrogen-bond acceptors (Lipinski definition) is 8. The van der Waals surface area contributed by atoms with Crippen LogP contribution in [0.3, 0.4) is 0 Å². The van der Waals surface area contributed by atoms with E-state index in [4.69, 9.17) is 32.9 Å². The molecule has 0 bridgehead atoms. The normalized spacial score (nSPS) is 23.2. The van der Waals surface area contributed by atoms with Crippen LogP contribution in [0, 0.1) is 5.41 Å². The maximum Gasteiger partial charge on any atom is 0.338 e. The molecule has 38 heavy (non-hydrogen) atoms. The van der Waals surface area contributed by atoms with E-state index in [9.17, 15) is 14.7 Å². The molecule has 1 aromatic carbocycles. The largest absolute Gasteiger partial charge is 0.481 e. The van der Waals surface area contributed by atoms with Crippen LogP contribution < -0.4 is 5.32 Å². The summed E-state index contributed by atoms with van der Waals surface area (Å²) in [4.78, 5) is 35.8. The Morgan fingerprint density at radius 1 is 1.34 bits per heavy atom. The monoisotopic (exact) mass is 582 g/mol. The second-order valence-corrected chi connectivity index (χ2v) is 11.5. The molecule has 0 aliphatic carbocycles. The predicted octanol–water partition coefficient (Wildman–Crippen LogP) is 5.27. The van der Waals surface area contributed by atoms with E-state index in [1.807, 2.05) is 10.3 Å². The number of aliphatic imine (C=N–C) groups is 1. The van der Waals surface area contributed by atoms with Crippen LogP contribution in [-0.4, -0.2) is 64.7 Å². The Balaban J connectivity index is 1.82. The number of hydrogen-bond donors (Lipinski definition) is 2. The summed E-state index contributed by atoms with van der Waals surface area (Å²) < 4.78 is 20.6. The smallest absolute Gasteiger partial charge is 0.338 e. The van der Waals surface area contributed by atoms with Gasteiger partial charge in [0.1, 0.15) is 12.2 Å². The number of alkyl halides is 1. The summed E-state index contributed by atoms with van der Waals surface area (Å²) in [7, 11) is 0. The molecule has 4 rings (SSSR count). The Hall–Kier alpha value is -2.53. The van der Waals surface area contributed by atoms with Crippen molar-refractivity contribution < 1.29 is 23.8 Å². The zero-order valence-electron chi connectivity index (χ0n) is 21.2. The van der Waals surface area contributed by atoms with Crippen molar-refractivity contribution in [2.24, 2.45) is 10.4 Å². The van der Waals surface area contributed by atoms with Crippen molar-refractivity contribution in [1.82, 2.24) is 15.2 Å². The average Bonchev–Trinajstić information content (AvgIpc) is 3.44. The van der Waals surface area contributed by atoms with Gasteiger partial charge in [-0.15, -0.1) is 11.3 Å². The van der Waals surface area contributed by atoms with E-state index in [-0.39, 0.29) is 44.2 Å². The van der Waals surface area contributed by atoms with Crippen LogP contribution in [0.15, 0.2) is 46.0 Å². The van der Waals surface area contributed by atoms with Crippen molar-refractivity contribution in [3.63, 3.8) is 0 Å². The standard InChI is InChI=1S/C26H29Cl2FN4O4S/c1-4-37-25(36)21-17(12-33-13-18(29)26(2,3)19(33)7-8-20(34)35)31-23(24-30-9-10-38-24)32-22(21)15-6-5-14(27)11-16(15)28/h5-6,9-11,18-19,22H,4,7-8,12-13H2,1-3H3,(H,31,32)(H,34,35)/t18?,19-,22+/m1/s1. The molecule has 0 amide bonds. The molecule has 0 saturated carbocycles. The van der Waals surface area contributed by atoms with Gasteiger partial charge in [-0.25, -0.2) is 14.2 Å². The number of esters is 1. The number of ether oxygens (including phenoxy) is 1. The van der Waals surface area contributed by atoms with E-state index in [1.165, 1.54) is 11.3 Å². The predicted molar refractivity (Wildman–Crippen MR) is 146 cm³/mol. The molecule has 2 aliphatic heterocycles. The zero-order chi connectivity index (χ0) is 27.6. The molecule has 0 radical (unpaired) electrons. The lowest BCUT2D eigenvalue weighted by molar-refractivity contribution is -0.139. The number of carboxylic acids is 1. The van der Waals surface area contributed by atoms with Gasteiger partial charge >= 0.3 is 11.9 Å². The third-order valence-corrected chi connectivity index (χ3v) is 8.35. The second-order valence-electron chi connectivity index (χ2n) is 9.79. The van der Waals surface area contributed by atoms with Gasteiger partial charge in [-0.3, -0.25) is 14.7 Å². The van der Waals surface area contributed by atoms with Crippen LogP contribution in [0.4, 0.5) is 4.39 Å². The first-order valence-corrected chi connectivity index (χ1v) is 13.9. The van der Waals surface area contributed by atoms with Crippen molar-refractivity contribution in [3.05, 3.63) is 61.7 Å². The Kier molecular flexibility index (Phi) is 8.76. The van der Waals surface area contributed by atoms with Gasteiger partial charge in [0.25, 0.3) is 0 Å². The number of carboxylic acid groups (broad SMARTS) is 1. The summed E-state index contributed by atoms with van der Waals surface area (Å²) in [6.07, 6.45) is 0.649. The van der Waals surface area contributed by atoms with Gasteiger partial charge in [0.15, 0.2) is 10.8 Å². The quantitative estimate of drug-likeness (QED) is 0.388. The van der Waals surface area contributed by atoms with Crippen molar-refractivity contribution in [2.45, 2.75) is 51.9 Å². The number of carbonyl (C=O) groups is 2. The number of halogens is 3. The summed E-state index contributed by atoms with van der Waals surface area (Å²) in [6.45, 7) is 5.70. The van der Waals surface area contributed by atoms with E-state index in [0.717, 1.165) is 0 Å². The number of rotatable bonds is 9. The Labute approximate surface area is 234 Å². The SMILES string of the molecule is CCOC(=O)C1=C(CN2CC(F)C(C)(C)[C@H]2CCC(=O)O)NC(c2nccs2)=N[C@H]1c1ccc(Cl)cc1Cl. The van der Waals surface area contributed by atoms with Gasteiger partial charge in [0, 0.05) is 63.8 Å². The summed E-state index contributed by atoms with van der Waals surface area (Å²) in [5, 5.41) is 15.7. The molecule has 2 aromatic rings. The van der Waals surface area contributed by atoms with E-state index < -0.39 is 29.6 Å². The minimum Gasteiger partial charge on any atom is -0.481 e. The molecule has 204 valence electrons. The fraction of sp³-hybridized carbons (Fsp3) is 0.462. The Bertz CT molecular complexity index is 1270. The lowest BCUT2D eigenvalue weighted by Gasteiger charge is -2.35. The number of nitrogens with zero attached hydrogens (tertiary/aromatic N) is 3. The number of aromatic nitrogens is 1. The van der Waals surface area contributed by atoms with Crippen molar-refractivity contribution in [1.29, 1.82) is 0 Å². The number of amidine groups is 1. The van der Waals surface area contributed by atoms with Gasteiger partial charge in [-0.2, -0.15) is 0 Å². The second kappa shape index (κ2) is 11.7. The molecule has 1 fully saturated rings. The highest BCUT2D eigenvalue weighted by molar-refractivity contribution is 7.11. The summed E-state index contributed by atoms with van der Waals surface area (Å²) in [5.41, 5.74) is 0.498. The highest BCUT2D eigenvalue weighted by Crippen LogP contribution is 2.42. The fourth-order valence-electron chi connectivity index (χ4n) is 5.01. The van der Waals surface area contributed by atoms with Gasteiger partial charge in [0.2, 0.25) is 0 Å². The van der Waals surface area contributed by atoms with E-state index in [2.05, 4.69) is 10.3 Å². The van der Waals surface area contributed by atoms with Gasteiger partial charge < -0.3 is 15.2 Å². The lowest BCUT2D eigenvalue weighted by Crippen LogP contribution is -2.43. The topological polar surface area (TPSA) is 104 Å². The van der Waals surface area contributed by atoms with Crippen molar-refractivity contribution in [2.75, 3.05) is 19.7 Å². The first-order valence-electron chi connectivity index (χ1n) is 12.2. The van der Waals surface area contributed by atoms with E-state index in [1.54, 1.807) is 45.2 Å². The van der Waals surface area contributed by atoms with Crippen LogP contribution in [-0.2, 0) is 14.3 Å². The zero-order valence-corrected chi connectivity index (χ0v) is 23.5. The van der Waals surface area contributed by atoms with E-state index in [0.29, 0.717) is 32.1 Å². The van der Waals surface area contributed by atoms with Crippen molar-refractivity contribution in [3.8, 4) is 0 Å². The lowest BCUT2D eigenvalue weighted by atomic mass is 9.81. The molecular formula is C26H29Cl2FN4O4S. The minimum atomic E-state index is -1.18. The molecule has 12 heteroatoms. The van der Waals surface area contributed by atoms with Gasteiger partial charge in [-0.05, 0) is 25.5 Å². The molecule has 2 aliphatic rings. The Morgan fingerprint density at radius 3 is 2.74 bits per heavy atom. The molecule has 0 spiro atoms. The molecule has 1 aromatic heterocycles. The Morgan fingerprint density at radius 2 is 2.11 bits per heavy atom. The number of nitrogens with one attached hydrogen (secondary N) is 1. The van der Waals surface area contributed by atoms with Crippen molar-refractivity contribution >= 4 is 52.3 Å². The molecular weight excluding hydrogens is 554 g/mol. The van der Waals surface area contributed by atoms with Gasteiger partial charge in [0.05, 0.1) is 12.2 Å². The van der Waals surface area contributed by atoms with E-state index >= 15 is 4.39 Å².